The van der Waals surface area contributed by atoms with E-state index in [1.807, 2.05) is 24.3 Å². The van der Waals surface area contributed by atoms with Crippen molar-refractivity contribution in [3.63, 3.8) is 0 Å². The van der Waals surface area contributed by atoms with Crippen LogP contribution in [-0.4, -0.2) is 16.7 Å². The van der Waals surface area contributed by atoms with Gasteiger partial charge >= 0.3 is 5.97 Å². The number of thioether (sulfide) groups is 1. The van der Waals surface area contributed by atoms with Gasteiger partial charge in [0.25, 0.3) is 0 Å². The number of benzene rings is 2. The minimum Gasteiger partial charge on any atom is -0.424 e. The zero-order chi connectivity index (χ0) is 16.2. The van der Waals surface area contributed by atoms with Crippen LogP contribution in [0.5, 0.6) is 5.75 Å². The summed E-state index contributed by atoms with van der Waals surface area (Å²) in [6, 6.07) is 12.9. The van der Waals surface area contributed by atoms with E-state index in [0.717, 1.165) is 15.2 Å². The maximum Gasteiger partial charge on any atom is 0.321 e. The van der Waals surface area contributed by atoms with Gasteiger partial charge in [-0.25, -0.2) is 4.98 Å². The smallest absolute Gasteiger partial charge is 0.321 e. The molecule has 0 radical (unpaired) electrons. The molecule has 0 bridgehead atoms. The average molecular weight is 384 g/mol. The van der Waals surface area contributed by atoms with Crippen molar-refractivity contribution in [1.29, 1.82) is 0 Å². The van der Waals surface area contributed by atoms with Gasteiger partial charge in [0, 0.05) is 5.75 Å². The fourth-order valence-electron chi connectivity index (χ4n) is 1.92. The van der Waals surface area contributed by atoms with Gasteiger partial charge in [0.05, 0.1) is 21.0 Å². The quantitative estimate of drug-likeness (QED) is 0.434. The van der Waals surface area contributed by atoms with E-state index in [1.165, 1.54) is 11.8 Å². The first kappa shape index (κ1) is 16.6. The van der Waals surface area contributed by atoms with Crippen LogP contribution in [0, 0.1) is 0 Å². The molecule has 0 aliphatic heterocycles. The van der Waals surface area contributed by atoms with Gasteiger partial charge in [0.15, 0.2) is 5.75 Å². The highest BCUT2D eigenvalue weighted by Crippen LogP contribution is 2.32. The molecule has 1 heterocycles. The van der Waals surface area contributed by atoms with Crippen LogP contribution in [0.4, 0.5) is 0 Å². The lowest BCUT2D eigenvalue weighted by atomic mass is 10.3. The molecule has 3 aromatic rings. The summed E-state index contributed by atoms with van der Waals surface area (Å²) in [5, 5.41) is 1.60. The molecule has 0 saturated heterocycles. The Balaban J connectivity index is 1.54. The van der Waals surface area contributed by atoms with Crippen LogP contribution >= 0.6 is 46.3 Å². The predicted molar refractivity (Wildman–Crippen MR) is 97.9 cm³/mol. The van der Waals surface area contributed by atoms with Gasteiger partial charge in [-0.05, 0) is 24.3 Å². The zero-order valence-electron chi connectivity index (χ0n) is 11.8. The monoisotopic (exact) mass is 383 g/mol. The Kier molecular flexibility index (Phi) is 5.43. The minimum atomic E-state index is -0.361. The second-order valence-corrected chi connectivity index (χ2v) is 7.48. The SMILES string of the molecule is O=C(CSCc1nc2ccccc2s1)Oc1cccc(Cl)c1Cl. The molecule has 118 valence electrons. The van der Waals surface area contributed by atoms with Gasteiger partial charge in [-0.1, -0.05) is 41.4 Å². The highest BCUT2D eigenvalue weighted by atomic mass is 35.5. The summed E-state index contributed by atoms with van der Waals surface area (Å²) < 4.78 is 6.38. The van der Waals surface area contributed by atoms with Crippen molar-refractivity contribution in [2.45, 2.75) is 5.75 Å². The zero-order valence-corrected chi connectivity index (χ0v) is 14.9. The van der Waals surface area contributed by atoms with E-state index in [1.54, 1.807) is 29.5 Å². The number of rotatable bonds is 5. The van der Waals surface area contributed by atoms with Gasteiger partial charge in [0.1, 0.15) is 10.0 Å². The van der Waals surface area contributed by atoms with E-state index >= 15 is 0 Å². The number of esters is 1. The molecule has 23 heavy (non-hydrogen) atoms. The second kappa shape index (κ2) is 7.53. The fourth-order valence-corrected chi connectivity index (χ4v) is 4.06. The first-order valence-electron chi connectivity index (χ1n) is 6.70. The Morgan fingerprint density at radius 2 is 2.00 bits per heavy atom. The van der Waals surface area contributed by atoms with Crippen molar-refractivity contribution in [3.05, 3.63) is 57.5 Å². The summed E-state index contributed by atoms with van der Waals surface area (Å²) >= 11 is 15.0. The molecule has 2 aromatic carbocycles. The maximum atomic E-state index is 11.9. The standard InChI is InChI=1S/C16H11Cl2NO2S2/c17-10-4-3-6-12(16(10)18)21-15(20)9-22-8-14-19-11-5-1-2-7-13(11)23-14/h1-7H,8-9H2. The van der Waals surface area contributed by atoms with Crippen LogP contribution in [0.15, 0.2) is 42.5 Å². The van der Waals surface area contributed by atoms with Gasteiger partial charge in [-0.3, -0.25) is 4.79 Å². The Labute approximate surface area is 151 Å². The molecule has 7 heteroatoms. The van der Waals surface area contributed by atoms with E-state index in [9.17, 15) is 4.79 Å². The Bertz CT molecular complexity index is 818. The summed E-state index contributed by atoms with van der Waals surface area (Å²) in [4.78, 5) is 16.4. The summed E-state index contributed by atoms with van der Waals surface area (Å²) in [5.41, 5.74) is 0.987. The van der Waals surface area contributed by atoms with Gasteiger partial charge in [-0.15, -0.1) is 23.1 Å². The van der Waals surface area contributed by atoms with Crippen LogP contribution in [0.25, 0.3) is 10.2 Å². The van der Waals surface area contributed by atoms with Crippen LogP contribution in [-0.2, 0) is 10.5 Å². The van der Waals surface area contributed by atoms with E-state index in [2.05, 4.69) is 4.98 Å². The highest BCUT2D eigenvalue weighted by Gasteiger charge is 2.11. The highest BCUT2D eigenvalue weighted by molar-refractivity contribution is 7.99. The summed E-state index contributed by atoms with van der Waals surface area (Å²) in [7, 11) is 0. The molecule has 0 fully saturated rings. The molecule has 3 rings (SSSR count). The number of carbonyl (C=O) groups excluding carboxylic acids is 1. The first-order valence-corrected chi connectivity index (χ1v) is 9.43. The second-order valence-electron chi connectivity index (χ2n) is 4.59. The fraction of sp³-hybridized carbons (Fsp3) is 0.125. The summed E-state index contributed by atoms with van der Waals surface area (Å²) in [6.45, 7) is 0. The number of aromatic nitrogens is 1. The number of para-hydroxylation sites is 1. The number of ether oxygens (including phenoxy) is 1. The van der Waals surface area contributed by atoms with Crippen LogP contribution in [0.1, 0.15) is 5.01 Å². The molecular weight excluding hydrogens is 373 g/mol. The largest absolute Gasteiger partial charge is 0.424 e. The molecule has 1 aromatic heterocycles. The van der Waals surface area contributed by atoms with Crippen LogP contribution < -0.4 is 4.74 Å². The van der Waals surface area contributed by atoms with Gasteiger partial charge in [-0.2, -0.15) is 0 Å². The normalized spacial score (nSPS) is 10.9. The Morgan fingerprint density at radius 1 is 1.17 bits per heavy atom. The number of carbonyl (C=O) groups is 1. The van der Waals surface area contributed by atoms with Gasteiger partial charge in [0.2, 0.25) is 0 Å². The van der Waals surface area contributed by atoms with Crippen molar-refractivity contribution < 1.29 is 9.53 Å². The van der Waals surface area contributed by atoms with Gasteiger partial charge < -0.3 is 4.74 Å². The lowest BCUT2D eigenvalue weighted by Crippen LogP contribution is -2.11. The average Bonchev–Trinajstić information content (AvgIpc) is 2.94. The van der Waals surface area contributed by atoms with E-state index in [0.29, 0.717) is 10.8 Å². The van der Waals surface area contributed by atoms with Crippen LogP contribution in [0.3, 0.4) is 0 Å². The molecule has 0 atom stereocenters. The molecule has 0 spiro atoms. The minimum absolute atomic E-state index is 0.221. The number of halogens is 2. The number of nitrogens with zero attached hydrogens (tertiary/aromatic N) is 1. The van der Waals surface area contributed by atoms with Crippen molar-refractivity contribution in [2.24, 2.45) is 0 Å². The van der Waals surface area contributed by atoms with Crippen molar-refractivity contribution in [1.82, 2.24) is 4.98 Å². The predicted octanol–water partition coefficient (Wildman–Crippen LogP) is 5.44. The third-order valence-electron chi connectivity index (χ3n) is 2.92. The lowest BCUT2D eigenvalue weighted by Gasteiger charge is -2.06. The maximum absolute atomic E-state index is 11.9. The number of hydrogen-bond acceptors (Lipinski definition) is 5. The number of thiazole rings is 1. The van der Waals surface area contributed by atoms with E-state index in [-0.39, 0.29) is 22.5 Å². The van der Waals surface area contributed by atoms with Crippen molar-refractivity contribution in [3.8, 4) is 5.75 Å². The van der Waals surface area contributed by atoms with Crippen LogP contribution in [0.2, 0.25) is 10.0 Å². The van der Waals surface area contributed by atoms with Crippen molar-refractivity contribution in [2.75, 3.05) is 5.75 Å². The third kappa shape index (κ3) is 4.18. The third-order valence-corrected chi connectivity index (χ3v) is 5.86. The molecule has 0 unspecified atom stereocenters. The molecule has 0 N–H and O–H groups in total. The Morgan fingerprint density at radius 3 is 2.83 bits per heavy atom. The molecule has 0 saturated carbocycles. The molecule has 0 amide bonds. The summed E-state index contributed by atoms with van der Waals surface area (Å²) in [5.74, 6) is 0.807. The number of fused-ring (bicyclic) bond motifs is 1. The molecular formula is C16H11Cl2NO2S2. The first-order chi connectivity index (χ1) is 11.1. The molecule has 3 nitrogen and oxygen atoms in total. The Hall–Kier alpha value is -1.27. The lowest BCUT2D eigenvalue weighted by molar-refractivity contribution is -0.131. The number of hydrogen-bond donors (Lipinski definition) is 0. The topological polar surface area (TPSA) is 39.2 Å². The van der Waals surface area contributed by atoms with Crippen molar-refractivity contribution >= 4 is 62.5 Å². The van der Waals surface area contributed by atoms with E-state index < -0.39 is 0 Å². The summed E-state index contributed by atoms with van der Waals surface area (Å²) in [6.07, 6.45) is 0. The molecule has 0 aliphatic carbocycles. The molecule has 0 aliphatic rings. The van der Waals surface area contributed by atoms with E-state index in [4.69, 9.17) is 27.9 Å².